The molecule has 0 aliphatic heterocycles. The number of nitrogens with one attached hydrogen (secondary N) is 2. The van der Waals surface area contributed by atoms with Crippen molar-refractivity contribution in [1.29, 1.82) is 0 Å². The van der Waals surface area contributed by atoms with Gasteiger partial charge in [0.1, 0.15) is 18.2 Å². The predicted molar refractivity (Wildman–Crippen MR) is 128 cm³/mol. The van der Waals surface area contributed by atoms with Crippen LogP contribution in [0, 0.1) is 13.8 Å². The number of hydrogen-bond acceptors (Lipinski definition) is 6. The van der Waals surface area contributed by atoms with E-state index in [0.717, 1.165) is 16.7 Å². The van der Waals surface area contributed by atoms with Crippen molar-refractivity contribution in [2.24, 2.45) is 0 Å². The monoisotopic (exact) mass is 455 g/mol. The maximum absolute atomic E-state index is 12.7. The molecule has 2 aromatic rings. The van der Waals surface area contributed by atoms with E-state index in [1.54, 1.807) is 32.9 Å². The molecule has 0 saturated heterocycles. The number of alkyl carbamates (subject to hydrolysis) is 1. The fourth-order valence-corrected chi connectivity index (χ4v) is 2.96. The molecule has 0 fully saturated rings. The largest absolute Gasteiger partial charge is 0.459 e. The Morgan fingerprint density at radius 1 is 1.03 bits per heavy atom. The third-order valence-electron chi connectivity index (χ3n) is 4.80. The molecule has 0 radical (unpaired) electrons. The number of ether oxygens (including phenoxy) is 2. The zero-order chi connectivity index (χ0) is 24.6. The summed E-state index contributed by atoms with van der Waals surface area (Å²) in [4.78, 5) is 37.4. The minimum Gasteiger partial charge on any atom is -0.459 e. The molecule has 2 aromatic carbocycles. The SMILES string of the molecule is Cc1cc(N)c(NC(=O)CC[C@H](NC(=O)OC(C)(C)C)C(=O)OCc2ccccc2)cc1C. The van der Waals surface area contributed by atoms with E-state index in [0.29, 0.717) is 11.4 Å². The van der Waals surface area contributed by atoms with E-state index in [1.807, 2.05) is 44.2 Å². The Balaban J connectivity index is 2.02. The summed E-state index contributed by atoms with van der Waals surface area (Å²) < 4.78 is 10.6. The molecule has 0 bridgehead atoms. The van der Waals surface area contributed by atoms with Crippen LogP contribution < -0.4 is 16.4 Å². The molecule has 0 spiro atoms. The van der Waals surface area contributed by atoms with E-state index in [9.17, 15) is 14.4 Å². The molecule has 1 atom stereocenters. The Kier molecular flexibility index (Phi) is 8.85. The standard InChI is InChI=1S/C25H33N3O5/c1-16-13-19(26)21(14-17(16)2)27-22(29)12-11-20(28-24(31)33-25(3,4)5)23(30)32-15-18-9-7-6-8-10-18/h6-10,13-14,20H,11-12,15,26H2,1-5H3,(H,27,29)(H,28,31)/t20-/m0/s1. The number of nitrogens with two attached hydrogens (primary N) is 1. The first-order valence-electron chi connectivity index (χ1n) is 10.8. The molecule has 0 unspecified atom stereocenters. The highest BCUT2D eigenvalue weighted by Gasteiger charge is 2.26. The number of benzene rings is 2. The first kappa shape index (κ1) is 25.7. The number of carbonyl (C=O) groups is 3. The van der Waals surface area contributed by atoms with Gasteiger partial charge < -0.3 is 25.8 Å². The van der Waals surface area contributed by atoms with Gasteiger partial charge >= 0.3 is 12.1 Å². The zero-order valence-electron chi connectivity index (χ0n) is 19.9. The average molecular weight is 456 g/mol. The Bertz CT molecular complexity index is 984. The van der Waals surface area contributed by atoms with Gasteiger partial charge in [0.15, 0.2) is 0 Å². The highest BCUT2D eigenvalue weighted by atomic mass is 16.6. The number of aryl methyl sites for hydroxylation is 2. The van der Waals surface area contributed by atoms with Gasteiger partial charge in [0.25, 0.3) is 0 Å². The second kappa shape index (κ2) is 11.4. The Morgan fingerprint density at radius 3 is 2.30 bits per heavy atom. The quantitative estimate of drug-likeness (QED) is 0.404. The lowest BCUT2D eigenvalue weighted by Gasteiger charge is -2.23. The molecule has 4 N–H and O–H groups in total. The minimum absolute atomic E-state index is 0.0312. The molecular weight excluding hydrogens is 422 g/mol. The Hall–Kier alpha value is -3.55. The molecule has 8 heteroatoms. The Labute approximate surface area is 194 Å². The summed E-state index contributed by atoms with van der Waals surface area (Å²) in [6, 6.07) is 11.7. The number of anilines is 2. The molecular formula is C25H33N3O5. The van der Waals surface area contributed by atoms with Crippen LogP contribution in [0.2, 0.25) is 0 Å². The lowest BCUT2D eigenvalue weighted by atomic mass is 10.1. The summed E-state index contributed by atoms with van der Waals surface area (Å²) in [7, 11) is 0. The second-order valence-electron chi connectivity index (χ2n) is 8.90. The van der Waals surface area contributed by atoms with Crippen LogP contribution in [0.5, 0.6) is 0 Å². The van der Waals surface area contributed by atoms with Gasteiger partial charge in [-0.2, -0.15) is 0 Å². The molecule has 0 aliphatic carbocycles. The topological polar surface area (TPSA) is 120 Å². The lowest BCUT2D eigenvalue weighted by molar-refractivity contribution is -0.147. The zero-order valence-corrected chi connectivity index (χ0v) is 19.9. The normalized spacial score (nSPS) is 11.9. The van der Waals surface area contributed by atoms with E-state index in [-0.39, 0.29) is 25.4 Å². The van der Waals surface area contributed by atoms with Gasteiger partial charge in [0, 0.05) is 6.42 Å². The molecule has 2 amide bonds. The molecule has 8 nitrogen and oxygen atoms in total. The van der Waals surface area contributed by atoms with Crippen molar-refractivity contribution >= 4 is 29.3 Å². The van der Waals surface area contributed by atoms with Gasteiger partial charge in [-0.3, -0.25) is 4.79 Å². The van der Waals surface area contributed by atoms with Crippen LogP contribution in [-0.4, -0.2) is 29.6 Å². The van der Waals surface area contributed by atoms with Crippen molar-refractivity contribution in [2.45, 2.75) is 65.7 Å². The third kappa shape index (κ3) is 8.84. The maximum atomic E-state index is 12.7. The first-order valence-corrected chi connectivity index (χ1v) is 10.8. The second-order valence-corrected chi connectivity index (χ2v) is 8.90. The molecule has 0 saturated carbocycles. The van der Waals surface area contributed by atoms with Gasteiger partial charge in [-0.1, -0.05) is 30.3 Å². The minimum atomic E-state index is -1.05. The predicted octanol–water partition coefficient (Wildman–Crippen LogP) is 4.24. The summed E-state index contributed by atoms with van der Waals surface area (Å²) in [5.74, 6) is -0.986. The van der Waals surface area contributed by atoms with Crippen LogP contribution in [-0.2, 0) is 25.7 Å². The smallest absolute Gasteiger partial charge is 0.408 e. The molecule has 0 heterocycles. The average Bonchev–Trinajstić information content (AvgIpc) is 2.72. The first-order chi connectivity index (χ1) is 15.4. The molecule has 178 valence electrons. The summed E-state index contributed by atoms with van der Waals surface area (Å²) >= 11 is 0. The van der Waals surface area contributed by atoms with E-state index < -0.39 is 23.7 Å². The van der Waals surface area contributed by atoms with E-state index in [2.05, 4.69) is 10.6 Å². The summed E-state index contributed by atoms with van der Waals surface area (Å²) in [5, 5.41) is 5.28. The van der Waals surface area contributed by atoms with Crippen LogP contribution in [0.3, 0.4) is 0 Å². The number of rotatable bonds is 8. The van der Waals surface area contributed by atoms with Gasteiger partial charge in [-0.05, 0) is 69.9 Å². The van der Waals surface area contributed by atoms with Crippen LogP contribution in [0.25, 0.3) is 0 Å². The van der Waals surface area contributed by atoms with Gasteiger partial charge in [-0.15, -0.1) is 0 Å². The van der Waals surface area contributed by atoms with Crippen LogP contribution in [0.1, 0.15) is 50.3 Å². The van der Waals surface area contributed by atoms with E-state index in [1.165, 1.54) is 0 Å². The molecule has 33 heavy (non-hydrogen) atoms. The van der Waals surface area contributed by atoms with Crippen molar-refractivity contribution in [2.75, 3.05) is 11.1 Å². The number of carbonyl (C=O) groups excluding carboxylic acids is 3. The third-order valence-corrected chi connectivity index (χ3v) is 4.80. The molecule has 0 aliphatic rings. The Morgan fingerprint density at radius 2 is 1.67 bits per heavy atom. The van der Waals surface area contributed by atoms with Crippen molar-refractivity contribution in [3.05, 3.63) is 59.2 Å². The number of amides is 2. The van der Waals surface area contributed by atoms with Gasteiger partial charge in [0.2, 0.25) is 5.91 Å². The summed E-state index contributed by atoms with van der Waals surface area (Å²) in [6.07, 6.45) is -0.764. The fourth-order valence-electron chi connectivity index (χ4n) is 2.96. The maximum Gasteiger partial charge on any atom is 0.408 e. The van der Waals surface area contributed by atoms with Gasteiger partial charge in [-0.25, -0.2) is 9.59 Å². The lowest BCUT2D eigenvalue weighted by Crippen LogP contribution is -2.44. The van der Waals surface area contributed by atoms with E-state index >= 15 is 0 Å². The summed E-state index contributed by atoms with van der Waals surface area (Å²) in [5.41, 5.74) is 9.05. The van der Waals surface area contributed by atoms with Crippen molar-refractivity contribution in [3.63, 3.8) is 0 Å². The number of nitrogen functional groups attached to an aromatic ring is 1. The van der Waals surface area contributed by atoms with Crippen LogP contribution in [0.4, 0.5) is 16.2 Å². The van der Waals surface area contributed by atoms with Crippen LogP contribution in [0.15, 0.2) is 42.5 Å². The molecule has 2 rings (SSSR count). The van der Waals surface area contributed by atoms with Crippen LogP contribution >= 0.6 is 0 Å². The highest BCUT2D eigenvalue weighted by Crippen LogP contribution is 2.23. The number of esters is 1. The number of hydrogen-bond donors (Lipinski definition) is 3. The van der Waals surface area contributed by atoms with Crippen molar-refractivity contribution in [3.8, 4) is 0 Å². The van der Waals surface area contributed by atoms with Crippen molar-refractivity contribution in [1.82, 2.24) is 5.32 Å². The molecule has 0 aromatic heterocycles. The fraction of sp³-hybridized carbons (Fsp3) is 0.400. The summed E-state index contributed by atoms with van der Waals surface area (Å²) in [6.45, 7) is 9.07. The highest BCUT2D eigenvalue weighted by molar-refractivity contribution is 5.94. The van der Waals surface area contributed by atoms with Crippen molar-refractivity contribution < 1.29 is 23.9 Å². The van der Waals surface area contributed by atoms with E-state index in [4.69, 9.17) is 15.2 Å². The van der Waals surface area contributed by atoms with Gasteiger partial charge in [0.05, 0.1) is 11.4 Å².